The summed E-state index contributed by atoms with van der Waals surface area (Å²) in [7, 11) is 0.614. The van der Waals surface area contributed by atoms with Gasteiger partial charge in [-0.3, -0.25) is 9.36 Å². The van der Waals surface area contributed by atoms with Crippen molar-refractivity contribution in [2.45, 2.75) is 51.6 Å². The summed E-state index contributed by atoms with van der Waals surface area (Å²) in [6.45, 7) is 5.99. The number of hydrogen-bond donors (Lipinski definition) is 0. The van der Waals surface area contributed by atoms with Gasteiger partial charge in [0.05, 0.1) is 28.4 Å². The van der Waals surface area contributed by atoms with E-state index in [4.69, 9.17) is 18.8 Å². The summed E-state index contributed by atoms with van der Waals surface area (Å²) in [4.78, 5) is 16.6. The molecule has 0 bridgehead atoms. The van der Waals surface area contributed by atoms with Gasteiger partial charge >= 0.3 is 13.3 Å². The van der Waals surface area contributed by atoms with Crippen LogP contribution in [0.2, 0.25) is 0 Å². The average Bonchev–Trinajstić information content (AvgIpc) is 2.81. The van der Waals surface area contributed by atoms with E-state index in [0.29, 0.717) is 10.0 Å². The highest BCUT2D eigenvalue weighted by atomic mass is 19.4. The Kier molecular flexibility index (Phi) is 5.44. The van der Waals surface area contributed by atoms with Crippen LogP contribution in [0.3, 0.4) is 0 Å². The van der Waals surface area contributed by atoms with Crippen LogP contribution in [0.25, 0.3) is 10.9 Å². The van der Waals surface area contributed by atoms with Crippen molar-refractivity contribution in [3.8, 4) is 5.75 Å². The molecule has 1 aliphatic rings. The van der Waals surface area contributed by atoms with Crippen molar-refractivity contribution >= 4 is 23.5 Å². The summed E-state index contributed by atoms with van der Waals surface area (Å²) >= 11 is 0. The van der Waals surface area contributed by atoms with Gasteiger partial charge < -0.3 is 18.8 Å². The smallest absolute Gasteiger partial charge is 0.468 e. The zero-order valence-corrected chi connectivity index (χ0v) is 16.8. The van der Waals surface area contributed by atoms with Crippen molar-refractivity contribution in [2.75, 3.05) is 13.9 Å². The van der Waals surface area contributed by atoms with Gasteiger partial charge in [-0.05, 0) is 39.8 Å². The molecule has 0 unspecified atom stereocenters. The van der Waals surface area contributed by atoms with E-state index >= 15 is 0 Å². The zero-order valence-electron chi connectivity index (χ0n) is 16.8. The fourth-order valence-corrected chi connectivity index (χ4v) is 2.91. The van der Waals surface area contributed by atoms with Gasteiger partial charge in [-0.1, -0.05) is 0 Å². The van der Waals surface area contributed by atoms with Gasteiger partial charge in [-0.2, -0.15) is 13.2 Å². The highest BCUT2D eigenvalue weighted by Crippen LogP contribution is 2.37. The van der Waals surface area contributed by atoms with Gasteiger partial charge in [0.15, 0.2) is 6.79 Å². The Morgan fingerprint density at radius 1 is 1.17 bits per heavy atom. The number of ether oxygens (including phenoxy) is 2. The maximum atomic E-state index is 12.7. The molecular formula is C18H22BF3N2O5. The molecule has 11 heteroatoms. The van der Waals surface area contributed by atoms with Crippen LogP contribution in [-0.2, 0) is 20.6 Å². The molecular weight excluding hydrogens is 392 g/mol. The molecule has 0 atom stereocenters. The van der Waals surface area contributed by atoms with Crippen LogP contribution >= 0.6 is 0 Å². The van der Waals surface area contributed by atoms with Crippen LogP contribution in [0.5, 0.6) is 5.75 Å². The maximum absolute atomic E-state index is 12.7. The fraction of sp³-hybridized carbons (Fsp3) is 0.556. The monoisotopic (exact) mass is 414 g/mol. The predicted octanol–water partition coefficient (Wildman–Crippen LogP) is 2.24. The number of halogens is 3. The Labute approximate surface area is 165 Å². The summed E-state index contributed by atoms with van der Waals surface area (Å²) in [5, 5.41) is -0.0110. The predicted molar refractivity (Wildman–Crippen MR) is 100 cm³/mol. The molecule has 0 radical (unpaired) electrons. The molecule has 2 heterocycles. The molecule has 7 nitrogen and oxygen atoms in total. The van der Waals surface area contributed by atoms with Gasteiger partial charge in [0.2, 0.25) is 0 Å². The number of benzene rings is 1. The van der Waals surface area contributed by atoms with Gasteiger partial charge in [0, 0.05) is 12.6 Å². The first-order valence-corrected chi connectivity index (χ1v) is 8.92. The summed E-state index contributed by atoms with van der Waals surface area (Å²) in [6.07, 6.45) is -3.67. The molecule has 0 amide bonds. The van der Waals surface area contributed by atoms with Crippen LogP contribution in [0.1, 0.15) is 27.7 Å². The summed E-state index contributed by atoms with van der Waals surface area (Å²) in [5.74, 6) is 0.210. The van der Waals surface area contributed by atoms with Crippen LogP contribution in [-0.4, -0.2) is 48.0 Å². The summed E-state index contributed by atoms with van der Waals surface area (Å²) in [6, 6.07) is 2.87. The van der Waals surface area contributed by atoms with E-state index in [0.717, 1.165) is 6.33 Å². The van der Waals surface area contributed by atoms with Crippen molar-refractivity contribution in [1.29, 1.82) is 0 Å². The van der Waals surface area contributed by atoms with E-state index in [1.165, 1.54) is 19.2 Å². The molecule has 1 fully saturated rings. The minimum Gasteiger partial charge on any atom is -0.468 e. The van der Waals surface area contributed by atoms with Crippen molar-refractivity contribution in [1.82, 2.24) is 9.55 Å². The first kappa shape index (κ1) is 21.6. The van der Waals surface area contributed by atoms with Gasteiger partial charge in [-0.25, -0.2) is 4.98 Å². The van der Waals surface area contributed by atoms with Crippen molar-refractivity contribution in [2.24, 2.45) is 0 Å². The Hall–Kier alpha value is -2.11. The number of fused-ring (bicyclic) bond motifs is 1. The molecule has 3 rings (SSSR count). The lowest BCUT2D eigenvalue weighted by atomic mass is 9.78. The third-order valence-corrected chi connectivity index (χ3v) is 5.14. The van der Waals surface area contributed by atoms with Crippen LogP contribution < -0.4 is 15.8 Å². The third kappa shape index (κ3) is 4.26. The normalized spacial score (nSPS) is 18.4. The number of alkyl halides is 3. The van der Waals surface area contributed by atoms with Gasteiger partial charge in [-0.15, -0.1) is 0 Å². The molecule has 1 aromatic carbocycles. The topological polar surface area (TPSA) is 71.8 Å². The van der Waals surface area contributed by atoms with Gasteiger partial charge in [0.1, 0.15) is 12.3 Å². The molecule has 1 aliphatic heterocycles. The first-order valence-electron chi connectivity index (χ1n) is 8.92. The van der Waals surface area contributed by atoms with Crippen LogP contribution in [0.4, 0.5) is 13.2 Å². The Morgan fingerprint density at radius 2 is 1.79 bits per heavy atom. The minimum atomic E-state index is -4.54. The van der Waals surface area contributed by atoms with Crippen molar-refractivity contribution < 1.29 is 32.0 Å². The zero-order chi connectivity index (χ0) is 21.6. The quantitative estimate of drug-likeness (QED) is 0.552. The lowest BCUT2D eigenvalue weighted by molar-refractivity contribution is -0.141. The molecule has 29 heavy (non-hydrogen) atoms. The highest BCUT2D eigenvalue weighted by molar-refractivity contribution is 6.63. The van der Waals surface area contributed by atoms with E-state index in [-0.39, 0.29) is 23.4 Å². The number of nitrogens with zero attached hydrogens (tertiary/aromatic N) is 2. The number of methoxy groups -OCH3 is 1. The molecule has 0 aliphatic carbocycles. The van der Waals surface area contributed by atoms with Crippen molar-refractivity contribution in [3.63, 3.8) is 0 Å². The maximum Gasteiger partial charge on any atom is 0.498 e. The van der Waals surface area contributed by atoms with E-state index < -0.39 is 36.6 Å². The second kappa shape index (κ2) is 7.30. The Bertz CT molecular complexity index is 958. The van der Waals surface area contributed by atoms with Crippen LogP contribution in [0, 0.1) is 0 Å². The second-order valence-electron chi connectivity index (χ2n) is 7.84. The second-order valence-corrected chi connectivity index (χ2v) is 7.84. The third-order valence-electron chi connectivity index (χ3n) is 5.14. The van der Waals surface area contributed by atoms with Gasteiger partial charge in [0.25, 0.3) is 5.56 Å². The molecule has 0 spiro atoms. The lowest BCUT2D eigenvalue weighted by Crippen LogP contribution is -2.41. The number of rotatable bonds is 5. The van der Waals surface area contributed by atoms with E-state index in [1.807, 2.05) is 27.7 Å². The fourth-order valence-electron chi connectivity index (χ4n) is 2.91. The van der Waals surface area contributed by atoms with E-state index in [2.05, 4.69) is 4.98 Å². The highest BCUT2D eigenvalue weighted by Gasteiger charge is 2.52. The number of hydrogen-bond acceptors (Lipinski definition) is 6. The molecule has 158 valence electrons. The Balaban J connectivity index is 2.11. The summed E-state index contributed by atoms with van der Waals surface area (Å²) < 4.78 is 61.2. The molecule has 0 saturated carbocycles. The molecule has 1 saturated heterocycles. The standard InChI is InChI=1S/C18H22BF3N2O5/c1-16(2)17(3,4)29-19(28-16)12-7-13-11(6-14(12)27-10-26-5)15(25)24(9-23-13)8-18(20,21)22/h6-7,9H,8,10H2,1-5H3. The molecule has 0 N–H and O–H groups in total. The number of aromatic nitrogens is 2. The first-order chi connectivity index (χ1) is 13.3. The minimum absolute atomic E-state index is 0.0110. The van der Waals surface area contributed by atoms with Crippen LogP contribution in [0.15, 0.2) is 23.3 Å². The lowest BCUT2D eigenvalue weighted by Gasteiger charge is -2.32. The largest absolute Gasteiger partial charge is 0.498 e. The van der Waals surface area contributed by atoms with E-state index in [9.17, 15) is 18.0 Å². The Morgan fingerprint density at radius 3 is 2.34 bits per heavy atom. The van der Waals surface area contributed by atoms with E-state index in [1.54, 1.807) is 0 Å². The van der Waals surface area contributed by atoms with Crippen molar-refractivity contribution in [3.05, 3.63) is 28.8 Å². The summed E-state index contributed by atoms with van der Waals surface area (Å²) in [5.41, 5.74) is -1.38. The SMILES string of the molecule is COCOc1cc2c(=O)n(CC(F)(F)F)cnc2cc1B1OC(C)(C)C(C)(C)O1. The molecule has 1 aromatic heterocycles. The molecule has 2 aromatic rings. The average molecular weight is 414 g/mol.